The van der Waals surface area contributed by atoms with Gasteiger partial charge in [-0.15, -0.1) is 0 Å². The zero-order valence-electron chi connectivity index (χ0n) is 20.6. The summed E-state index contributed by atoms with van der Waals surface area (Å²) in [5.74, 6) is -0.561. The molecule has 1 fully saturated rings. The first kappa shape index (κ1) is 25.5. The number of hydrogen-bond acceptors (Lipinski definition) is 4. The molecule has 1 saturated heterocycles. The van der Waals surface area contributed by atoms with E-state index < -0.39 is 0 Å². The zero-order chi connectivity index (χ0) is 25.3. The monoisotopic (exact) mass is 488 g/mol. The van der Waals surface area contributed by atoms with E-state index in [2.05, 4.69) is 32.6 Å². The van der Waals surface area contributed by atoms with Crippen LogP contribution in [0.25, 0.3) is 0 Å². The van der Waals surface area contributed by atoms with Crippen molar-refractivity contribution in [2.24, 2.45) is 0 Å². The van der Waals surface area contributed by atoms with Crippen molar-refractivity contribution in [1.82, 2.24) is 15.1 Å². The second-order valence-corrected chi connectivity index (χ2v) is 9.21. The van der Waals surface area contributed by atoms with Gasteiger partial charge in [-0.25, -0.2) is 4.39 Å². The average molecular weight is 489 g/mol. The number of nitrogens with one attached hydrogen (secondary N) is 2. The predicted octanol–water partition coefficient (Wildman–Crippen LogP) is 3.87. The lowest BCUT2D eigenvalue weighted by Gasteiger charge is -2.37. The standard InChI is InChI=1S/C29H33FN4O2/c1-22(29(36)31-26-14-8-13-25(30)20-26)34-17-15-33(16-18-34)21-28(35)32-27(24-11-6-3-7-12-24)19-23-9-4-2-5-10-23/h2-14,20,22,27H,15-19,21H2,1H3,(H,31,36)(H,32,35). The van der Waals surface area contributed by atoms with Crippen LogP contribution in [-0.2, 0) is 16.0 Å². The molecule has 2 unspecified atom stereocenters. The number of amides is 2. The van der Waals surface area contributed by atoms with E-state index >= 15 is 0 Å². The number of anilines is 1. The SMILES string of the molecule is CC(C(=O)Nc1cccc(F)c1)N1CCN(CC(=O)NC(Cc2ccccc2)c2ccccc2)CC1. The van der Waals surface area contributed by atoms with E-state index in [0.717, 1.165) is 12.0 Å². The van der Waals surface area contributed by atoms with Crippen LogP contribution in [0.5, 0.6) is 0 Å². The lowest BCUT2D eigenvalue weighted by Crippen LogP contribution is -2.54. The Balaban J connectivity index is 1.27. The molecule has 1 aliphatic heterocycles. The van der Waals surface area contributed by atoms with Gasteiger partial charge >= 0.3 is 0 Å². The molecule has 0 bridgehead atoms. The fraction of sp³-hybridized carbons (Fsp3) is 0.310. The van der Waals surface area contributed by atoms with Gasteiger partial charge in [-0.3, -0.25) is 19.4 Å². The Bertz CT molecular complexity index is 1130. The van der Waals surface area contributed by atoms with E-state index in [1.807, 2.05) is 55.5 Å². The molecule has 1 aliphatic rings. The minimum absolute atomic E-state index is 0.00914. The highest BCUT2D eigenvalue weighted by Gasteiger charge is 2.27. The second-order valence-electron chi connectivity index (χ2n) is 9.21. The highest BCUT2D eigenvalue weighted by Crippen LogP contribution is 2.19. The van der Waals surface area contributed by atoms with E-state index in [9.17, 15) is 14.0 Å². The van der Waals surface area contributed by atoms with Crippen molar-refractivity contribution >= 4 is 17.5 Å². The first-order valence-corrected chi connectivity index (χ1v) is 12.4. The van der Waals surface area contributed by atoms with E-state index in [-0.39, 0.29) is 29.7 Å². The summed E-state index contributed by atoms with van der Waals surface area (Å²) in [7, 11) is 0. The molecule has 2 atom stereocenters. The van der Waals surface area contributed by atoms with Crippen molar-refractivity contribution in [3.63, 3.8) is 0 Å². The van der Waals surface area contributed by atoms with E-state index in [4.69, 9.17) is 0 Å². The molecular formula is C29H33FN4O2. The number of carbonyl (C=O) groups excluding carboxylic acids is 2. The lowest BCUT2D eigenvalue weighted by molar-refractivity contribution is -0.125. The van der Waals surface area contributed by atoms with Crippen molar-refractivity contribution in [2.75, 3.05) is 38.0 Å². The number of nitrogens with zero attached hydrogens (tertiary/aromatic N) is 2. The molecule has 0 radical (unpaired) electrons. The maximum atomic E-state index is 13.4. The Kier molecular flexibility index (Phi) is 8.81. The van der Waals surface area contributed by atoms with E-state index in [1.165, 1.54) is 17.7 Å². The molecule has 6 nitrogen and oxygen atoms in total. The Morgan fingerprint density at radius 3 is 2.22 bits per heavy atom. The minimum atomic E-state index is -0.384. The van der Waals surface area contributed by atoms with Gasteiger partial charge < -0.3 is 10.6 Å². The van der Waals surface area contributed by atoms with Gasteiger partial charge in [-0.05, 0) is 42.7 Å². The number of rotatable bonds is 9. The third-order valence-electron chi connectivity index (χ3n) is 6.61. The maximum absolute atomic E-state index is 13.4. The first-order valence-electron chi connectivity index (χ1n) is 12.4. The molecule has 2 amide bonds. The van der Waals surface area contributed by atoms with Crippen LogP contribution in [0.2, 0.25) is 0 Å². The van der Waals surface area contributed by atoms with Crippen molar-refractivity contribution < 1.29 is 14.0 Å². The zero-order valence-corrected chi connectivity index (χ0v) is 20.6. The van der Waals surface area contributed by atoms with Gasteiger partial charge in [0.15, 0.2) is 0 Å². The molecular weight excluding hydrogens is 455 g/mol. The molecule has 3 aromatic rings. The number of carbonyl (C=O) groups is 2. The highest BCUT2D eigenvalue weighted by atomic mass is 19.1. The topological polar surface area (TPSA) is 64.7 Å². The molecule has 0 aliphatic carbocycles. The van der Waals surface area contributed by atoms with Crippen molar-refractivity contribution in [1.29, 1.82) is 0 Å². The van der Waals surface area contributed by atoms with Gasteiger partial charge in [0, 0.05) is 31.9 Å². The number of benzene rings is 3. The molecule has 0 aromatic heterocycles. The highest BCUT2D eigenvalue weighted by molar-refractivity contribution is 5.94. The summed E-state index contributed by atoms with van der Waals surface area (Å²) in [4.78, 5) is 29.8. The molecule has 0 saturated carbocycles. The molecule has 7 heteroatoms. The van der Waals surface area contributed by atoms with Crippen LogP contribution in [0, 0.1) is 5.82 Å². The van der Waals surface area contributed by atoms with Crippen molar-refractivity contribution in [3.8, 4) is 0 Å². The Morgan fingerprint density at radius 2 is 1.56 bits per heavy atom. The quantitative estimate of drug-likeness (QED) is 0.480. The van der Waals surface area contributed by atoms with Crippen LogP contribution in [0.4, 0.5) is 10.1 Å². The maximum Gasteiger partial charge on any atom is 0.241 e. The first-order chi connectivity index (χ1) is 17.5. The fourth-order valence-electron chi connectivity index (χ4n) is 4.52. The second kappa shape index (κ2) is 12.4. The average Bonchev–Trinajstić information content (AvgIpc) is 2.89. The van der Waals surface area contributed by atoms with Crippen molar-refractivity contribution in [3.05, 3.63) is 102 Å². The normalized spacial score (nSPS) is 16.2. The van der Waals surface area contributed by atoms with Gasteiger partial charge in [0.05, 0.1) is 18.6 Å². The van der Waals surface area contributed by atoms with E-state index in [1.54, 1.807) is 12.1 Å². The smallest absolute Gasteiger partial charge is 0.241 e. The molecule has 188 valence electrons. The van der Waals surface area contributed by atoms with Crippen LogP contribution in [-0.4, -0.2) is 60.4 Å². The van der Waals surface area contributed by atoms with Gasteiger partial charge in [-0.2, -0.15) is 0 Å². The van der Waals surface area contributed by atoms with Crippen molar-refractivity contribution in [2.45, 2.75) is 25.4 Å². The molecule has 36 heavy (non-hydrogen) atoms. The largest absolute Gasteiger partial charge is 0.348 e. The molecule has 2 N–H and O–H groups in total. The van der Waals surface area contributed by atoms with Crippen LogP contribution >= 0.6 is 0 Å². The summed E-state index contributed by atoms with van der Waals surface area (Å²) in [6.07, 6.45) is 0.725. The van der Waals surface area contributed by atoms with E-state index in [0.29, 0.717) is 38.4 Å². The molecule has 1 heterocycles. The number of hydrogen-bond donors (Lipinski definition) is 2. The third kappa shape index (κ3) is 7.23. The molecule has 4 rings (SSSR count). The van der Waals surface area contributed by atoms with Crippen LogP contribution < -0.4 is 10.6 Å². The minimum Gasteiger partial charge on any atom is -0.348 e. The van der Waals surface area contributed by atoms with Gasteiger partial charge in [-0.1, -0.05) is 66.7 Å². The van der Waals surface area contributed by atoms with Crippen LogP contribution in [0.1, 0.15) is 24.1 Å². The van der Waals surface area contributed by atoms with Crippen LogP contribution in [0.15, 0.2) is 84.9 Å². The Labute approximate surface area is 212 Å². The Hall–Kier alpha value is -3.55. The van der Waals surface area contributed by atoms with Gasteiger partial charge in [0.25, 0.3) is 0 Å². The summed E-state index contributed by atoms with van der Waals surface area (Å²) < 4.78 is 13.4. The van der Waals surface area contributed by atoms with Crippen LogP contribution in [0.3, 0.4) is 0 Å². The lowest BCUT2D eigenvalue weighted by atomic mass is 9.99. The summed E-state index contributed by atoms with van der Waals surface area (Å²) in [5, 5.41) is 6.01. The summed E-state index contributed by atoms with van der Waals surface area (Å²) >= 11 is 0. The summed E-state index contributed by atoms with van der Waals surface area (Å²) in [6.45, 7) is 4.91. The van der Waals surface area contributed by atoms with Gasteiger partial charge in [0.1, 0.15) is 5.82 Å². The predicted molar refractivity (Wildman–Crippen MR) is 140 cm³/mol. The number of piperazine rings is 1. The third-order valence-corrected chi connectivity index (χ3v) is 6.61. The fourth-order valence-corrected chi connectivity index (χ4v) is 4.52. The Morgan fingerprint density at radius 1 is 0.889 bits per heavy atom. The summed E-state index contributed by atoms with van der Waals surface area (Å²) in [6, 6.07) is 25.7. The van der Waals surface area contributed by atoms with Gasteiger partial charge in [0.2, 0.25) is 11.8 Å². The number of halogens is 1. The molecule has 0 spiro atoms. The molecule has 3 aromatic carbocycles. The summed E-state index contributed by atoms with van der Waals surface area (Å²) in [5.41, 5.74) is 2.70.